The molecule has 2 aromatic rings. The zero-order valence-corrected chi connectivity index (χ0v) is 12.8. The molecule has 1 nitrogen and oxygen atoms in total. The molecule has 1 unspecified atom stereocenters. The van der Waals surface area contributed by atoms with Gasteiger partial charge in [-0.1, -0.05) is 28.1 Å². The number of rotatable bonds is 4. The third kappa shape index (κ3) is 2.59. The Morgan fingerprint density at radius 3 is 2.72 bits per heavy atom. The monoisotopic (exact) mass is 327 g/mol. The highest BCUT2D eigenvalue weighted by Crippen LogP contribution is 2.32. The van der Waals surface area contributed by atoms with Crippen molar-refractivity contribution < 1.29 is 4.39 Å². The summed E-state index contributed by atoms with van der Waals surface area (Å²) in [5.41, 5.74) is 1.65. The Morgan fingerprint density at radius 2 is 2.11 bits per heavy atom. The fourth-order valence-electron chi connectivity index (χ4n) is 1.94. The smallest absolute Gasteiger partial charge is 0.129 e. The fourth-order valence-corrected chi connectivity index (χ4v) is 3.32. The van der Waals surface area contributed by atoms with Gasteiger partial charge in [0.15, 0.2) is 0 Å². The molecule has 1 aromatic carbocycles. The lowest BCUT2D eigenvalue weighted by atomic mass is 10.1. The second kappa shape index (κ2) is 5.85. The van der Waals surface area contributed by atoms with E-state index < -0.39 is 0 Å². The minimum atomic E-state index is -0.158. The number of nitrogens with zero attached hydrogens (tertiary/aromatic N) is 1. The maximum Gasteiger partial charge on any atom is 0.129 e. The minimum Gasteiger partial charge on any atom is -0.367 e. The number of halogens is 2. The molecule has 0 fully saturated rings. The minimum absolute atomic E-state index is 0.158. The van der Waals surface area contributed by atoms with E-state index in [9.17, 15) is 4.39 Å². The Labute approximate surface area is 119 Å². The van der Waals surface area contributed by atoms with Crippen LogP contribution in [0.4, 0.5) is 10.1 Å². The Kier molecular flexibility index (Phi) is 4.40. The van der Waals surface area contributed by atoms with Crippen LogP contribution >= 0.6 is 27.3 Å². The van der Waals surface area contributed by atoms with Gasteiger partial charge in [-0.2, -0.15) is 0 Å². The average molecular weight is 328 g/mol. The van der Waals surface area contributed by atoms with Gasteiger partial charge in [-0.05, 0) is 30.5 Å². The summed E-state index contributed by atoms with van der Waals surface area (Å²) in [6.07, 6.45) is 0. The van der Waals surface area contributed by atoms with Crippen LogP contribution < -0.4 is 4.90 Å². The molecule has 0 spiro atoms. The molecule has 0 aliphatic rings. The van der Waals surface area contributed by atoms with Crippen molar-refractivity contribution in [1.29, 1.82) is 0 Å². The summed E-state index contributed by atoms with van der Waals surface area (Å²) in [6, 6.07) is 9.62. The Bertz CT molecular complexity index is 513. The molecule has 18 heavy (non-hydrogen) atoms. The molecule has 2 rings (SSSR count). The molecule has 0 amide bonds. The van der Waals surface area contributed by atoms with Crippen molar-refractivity contribution >= 4 is 33.0 Å². The Balaban J connectivity index is 2.34. The number of hydrogen-bond donors (Lipinski definition) is 0. The van der Waals surface area contributed by atoms with Gasteiger partial charge in [0.1, 0.15) is 5.82 Å². The van der Waals surface area contributed by atoms with Crippen LogP contribution in [0.15, 0.2) is 35.7 Å². The maximum atomic E-state index is 13.8. The third-order valence-electron chi connectivity index (χ3n) is 3.14. The first kappa shape index (κ1) is 13.6. The molecule has 0 N–H and O–H groups in total. The Hall–Kier alpha value is -0.870. The van der Waals surface area contributed by atoms with Gasteiger partial charge in [-0.25, -0.2) is 4.39 Å². The fraction of sp³-hybridized carbons (Fsp3) is 0.286. The largest absolute Gasteiger partial charge is 0.367 e. The highest BCUT2D eigenvalue weighted by Gasteiger charge is 2.17. The van der Waals surface area contributed by atoms with Gasteiger partial charge in [-0.15, -0.1) is 11.3 Å². The van der Waals surface area contributed by atoms with Crippen molar-refractivity contribution in [3.8, 4) is 0 Å². The second-order valence-electron chi connectivity index (χ2n) is 4.17. The lowest BCUT2D eigenvalue weighted by molar-refractivity contribution is 0.615. The number of thiophene rings is 1. The zero-order valence-electron chi connectivity index (χ0n) is 10.4. The number of alkyl halides is 1. The first-order valence-corrected chi connectivity index (χ1v) is 7.75. The van der Waals surface area contributed by atoms with E-state index in [2.05, 4.69) is 39.2 Å². The van der Waals surface area contributed by atoms with Crippen LogP contribution in [0.2, 0.25) is 0 Å². The SMILES string of the molecule is CC(c1cccs1)N(C)c1cccc(F)c1CBr. The second-order valence-corrected chi connectivity index (χ2v) is 5.71. The van der Waals surface area contributed by atoms with E-state index in [0.29, 0.717) is 10.9 Å². The molecule has 0 aliphatic carbocycles. The topological polar surface area (TPSA) is 3.24 Å². The maximum absolute atomic E-state index is 13.8. The summed E-state index contributed by atoms with van der Waals surface area (Å²) in [6.45, 7) is 2.13. The molecular weight excluding hydrogens is 313 g/mol. The van der Waals surface area contributed by atoms with Gasteiger partial charge < -0.3 is 4.90 Å². The van der Waals surface area contributed by atoms with Gasteiger partial charge in [0, 0.05) is 28.5 Å². The molecule has 0 saturated carbocycles. The first-order valence-electron chi connectivity index (χ1n) is 5.74. The van der Waals surface area contributed by atoms with Gasteiger partial charge in [0.25, 0.3) is 0 Å². The van der Waals surface area contributed by atoms with Gasteiger partial charge in [0.2, 0.25) is 0 Å². The number of benzene rings is 1. The number of anilines is 1. The van der Waals surface area contributed by atoms with E-state index in [4.69, 9.17) is 0 Å². The van der Waals surface area contributed by atoms with Crippen LogP contribution in [0.1, 0.15) is 23.4 Å². The van der Waals surface area contributed by atoms with Crippen molar-refractivity contribution in [3.63, 3.8) is 0 Å². The summed E-state index contributed by atoms with van der Waals surface area (Å²) in [5, 5.41) is 2.59. The van der Waals surface area contributed by atoms with Gasteiger partial charge in [-0.3, -0.25) is 0 Å². The normalized spacial score (nSPS) is 12.4. The van der Waals surface area contributed by atoms with Crippen LogP contribution in [0.3, 0.4) is 0 Å². The van der Waals surface area contributed by atoms with Gasteiger partial charge in [0.05, 0.1) is 6.04 Å². The van der Waals surface area contributed by atoms with Crippen LogP contribution in [0.5, 0.6) is 0 Å². The zero-order chi connectivity index (χ0) is 13.1. The van der Waals surface area contributed by atoms with E-state index in [0.717, 1.165) is 5.69 Å². The molecule has 0 bridgehead atoms. The molecule has 4 heteroatoms. The van der Waals surface area contributed by atoms with Crippen molar-refractivity contribution in [2.24, 2.45) is 0 Å². The summed E-state index contributed by atoms with van der Waals surface area (Å²) in [5.74, 6) is -0.158. The molecule has 0 radical (unpaired) electrons. The highest BCUT2D eigenvalue weighted by atomic mass is 79.9. The van der Waals surface area contributed by atoms with Crippen molar-refractivity contribution in [2.45, 2.75) is 18.3 Å². The molecule has 1 atom stereocenters. The Morgan fingerprint density at radius 1 is 1.33 bits per heavy atom. The van der Waals surface area contributed by atoms with Crippen LogP contribution in [0, 0.1) is 5.82 Å². The van der Waals surface area contributed by atoms with Crippen molar-refractivity contribution in [3.05, 3.63) is 52.0 Å². The van der Waals surface area contributed by atoms with Crippen LogP contribution in [-0.2, 0) is 5.33 Å². The summed E-state index contributed by atoms with van der Waals surface area (Å²) >= 11 is 5.09. The van der Waals surface area contributed by atoms with Crippen LogP contribution in [-0.4, -0.2) is 7.05 Å². The summed E-state index contributed by atoms with van der Waals surface area (Å²) in [7, 11) is 2.01. The van der Waals surface area contributed by atoms with E-state index >= 15 is 0 Å². The average Bonchev–Trinajstić information content (AvgIpc) is 2.90. The molecular formula is C14H15BrFNS. The highest BCUT2D eigenvalue weighted by molar-refractivity contribution is 9.08. The van der Waals surface area contributed by atoms with E-state index in [1.165, 1.54) is 10.9 Å². The summed E-state index contributed by atoms with van der Waals surface area (Å²) in [4.78, 5) is 3.40. The molecule has 96 valence electrons. The lowest BCUT2D eigenvalue weighted by Gasteiger charge is -2.28. The quantitative estimate of drug-likeness (QED) is 0.716. The first-order chi connectivity index (χ1) is 8.65. The predicted molar refractivity (Wildman–Crippen MR) is 80.2 cm³/mol. The van der Waals surface area contributed by atoms with Crippen LogP contribution in [0.25, 0.3) is 0 Å². The van der Waals surface area contributed by atoms with Crippen molar-refractivity contribution in [2.75, 3.05) is 11.9 Å². The van der Waals surface area contributed by atoms with E-state index in [-0.39, 0.29) is 11.9 Å². The predicted octanol–water partition coefficient (Wildman–Crippen LogP) is 4.98. The summed E-state index contributed by atoms with van der Waals surface area (Å²) < 4.78 is 13.8. The van der Waals surface area contributed by atoms with Gasteiger partial charge >= 0.3 is 0 Å². The molecule has 1 heterocycles. The molecule has 0 aliphatic heterocycles. The molecule has 1 aromatic heterocycles. The van der Waals surface area contributed by atoms with E-state index in [1.807, 2.05) is 19.2 Å². The standard InChI is InChI=1S/C14H15BrFNS/c1-10(14-7-4-8-18-14)17(2)13-6-3-5-12(16)11(13)9-15/h3-8,10H,9H2,1-2H3. The number of hydrogen-bond acceptors (Lipinski definition) is 2. The lowest BCUT2D eigenvalue weighted by Crippen LogP contribution is -2.22. The third-order valence-corrected chi connectivity index (χ3v) is 4.75. The van der Waals surface area contributed by atoms with Crippen molar-refractivity contribution in [1.82, 2.24) is 0 Å². The molecule has 0 saturated heterocycles. The van der Waals surface area contributed by atoms with E-state index in [1.54, 1.807) is 17.4 Å².